The smallest absolute Gasteiger partial charge is 0.224 e. The van der Waals surface area contributed by atoms with Gasteiger partial charge in [0.05, 0.1) is 24.3 Å². The van der Waals surface area contributed by atoms with E-state index >= 15 is 0 Å². The van der Waals surface area contributed by atoms with Crippen molar-refractivity contribution in [1.82, 2.24) is 9.97 Å². The van der Waals surface area contributed by atoms with Crippen molar-refractivity contribution >= 4 is 11.8 Å². The summed E-state index contributed by atoms with van der Waals surface area (Å²) in [7, 11) is 3.55. The first-order chi connectivity index (χ1) is 10.8. The summed E-state index contributed by atoms with van der Waals surface area (Å²) in [6.45, 7) is 0. The molecule has 1 heterocycles. The van der Waals surface area contributed by atoms with E-state index in [1.54, 1.807) is 20.4 Å². The van der Waals surface area contributed by atoms with Crippen molar-refractivity contribution in [3.63, 3.8) is 0 Å². The summed E-state index contributed by atoms with van der Waals surface area (Å²) < 4.78 is 11.0. The minimum Gasteiger partial charge on any atom is -0.379 e. The van der Waals surface area contributed by atoms with Crippen LogP contribution in [-0.4, -0.2) is 48.5 Å². The highest BCUT2D eigenvalue weighted by Crippen LogP contribution is 2.26. The Morgan fingerprint density at radius 3 is 2.23 bits per heavy atom. The normalized spacial score (nSPS) is 31.4. The van der Waals surface area contributed by atoms with Crippen LogP contribution >= 0.6 is 0 Å². The number of nitrogens with one attached hydrogen (secondary N) is 2. The monoisotopic (exact) mass is 306 g/mol. The first kappa shape index (κ1) is 15.5. The third-order valence-corrected chi connectivity index (χ3v) is 4.81. The summed E-state index contributed by atoms with van der Waals surface area (Å²) >= 11 is 0. The Hall–Kier alpha value is -1.40. The molecular weight excluding hydrogens is 280 g/mol. The van der Waals surface area contributed by atoms with E-state index in [4.69, 9.17) is 9.47 Å². The molecule has 0 unspecified atom stereocenters. The van der Waals surface area contributed by atoms with Gasteiger partial charge in [-0.15, -0.1) is 0 Å². The summed E-state index contributed by atoms with van der Waals surface area (Å²) in [5, 5.41) is 6.90. The molecule has 6 heteroatoms. The Morgan fingerprint density at radius 1 is 0.955 bits per heavy atom. The fraction of sp³-hybridized carbons (Fsp3) is 0.750. The number of anilines is 2. The molecule has 2 aliphatic rings. The molecule has 0 aliphatic heterocycles. The number of methoxy groups -OCH3 is 2. The third-order valence-electron chi connectivity index (χ3n) is 4.81. The molecule has 22 heavy (non-hydrogen) atoms. The lowest BCUT2D eigenvalue weighted by atomic mass is 10.2. The lowest BCUT2D eigenvalue weighted by molar-refractivity contribution is 0.100. The van der Waals surface area contributed by atoms with Gasteiger partial charge in [0.1, 0.15) is 5.82 Å². The molecule has 0 spiro atoms. The van der Waals surface area contributed by atoms with Crippen molar-refractivity contribution in [3.8, 4) is 0 Å². The van der Waals surface area contributed by atoms with Crippen molar-refractivity contribution in [2.75, 3.05) is 24.9 Å². The second kappa shape index (κ2) is 7.24. The molecule has 0 bridgehead atoms. The highest BCUT2D eigenvalue weighted by atomic mass is 16.5. The Morgan fingerprint density at radius 2 is 1.59 bits per heavy atom. The van der Waals surface area contributed by atoms with Gasteiger partial charge in [0.15, 0.2) is 0 Å². The van der Waals surface area contributed by atoms with Crippen LogP contribution in [0, 0.1) is 0 Å². The number of hydrogen-bond acceptors (Lipinski definition) is 6. The van der Waals surface area contributed by atoms with Crippen molar-refractivity contribution in [2.24, 2.45) is 0 Å². The van der Waals surface area contributed by atoms with Gasteiger partial charge in [-0.25, -0.2) is 4.98 Å². The number of rotatable bonds is 6. The zero-order valence-electron chi connectivity index (χ0n) is 13.4. The Bertz CT molecular complexity index is 446. The molecular formula is C16H26N4O2. The standard InChI is InChI=1S/C16H26N4O2/c1-21-13-7-3-5-11(13)18-15-9-10-17-16(20-15)19-12-6-4-8-14(12)22-2/h9-14H,3-8H2,1-2H3,(H2,17,18,19,20)/t11-,12-,13-,14-/m1/s1. The molecule has 2 fully saturated rings. The summed E-state index contributed by atoms with van der Waals surface area (Å²) in [5.41, 5.74) is 0. The number of nitrogens with zero attached hydrogens (tertiary/aromatic N) is 2. The second-order valence-electron chi connectivity index (χ2n) is 6.18. The molecule has 1 aromatic heterocycles. The van der Waals surface area contributed by atoms with Crippen LogP contribution in [0.15, 0.2) is 12.3 Å². The molecule has 2 N–H and O–H groups in total. The van der Waals surface area contributed by atoms with Gasteiger partial charge in [-0.2, -0.15) is 4.98 Å². The quantitative estimate of drug-likeness (QED) is 0.841. The predicted octanol–water partition coefficient (Wildman–Crippen LogP) is 2.44. The van der Waals surface area contributed by atoms with Crippen LogP contribution in [0.2, 0.25) is 0 Å². The maximum atomic E-state index is 5.52. The molecule has 3 rings (SSSR count). The predicted molar refractivity (Wildman–Crippen MR) is 86.1 cm³/mol. The molecule has 0 radical (unpaired) electrons. The highest BCUT2D eigenvalue weighted by molar-refractivity contribution is 5.41. The average molecular weight is 306 g/mol. The minimum atomic E-state index is 0.257. The van der Waals surface area contributed by atoms with Gasteiger partial charge >= 0.3 is 0 Å². The molecule has 6 nitrogen and oxygen atoms in total. The number of ether oxygens (including phenoxy) is 2. The zero-order valence-corrected chi connectivity index (χ0v) is 13.4. The van der Waals surface area contributed by atoms with Crippen LogP contribution < -0.4 is 10.6 Å². The maximum absolute atomic E-state index is 5.52. The zero-order chi connectivity index (χ0) is 15.4. The van der Waals surface area contributed by atoms with Crippen LogP contribution in [0.4, 0.5) is 11.8 Å². The van der Waals surface area contributed by atoms with E-state index in [2.05, 4.69) is 20.6 Å². The maximum Gasteiger partial charge on any atom is 0.224 e. The van der Waals surface area contributed by atoms with Crippen molar-refractivity contribution < 1.29 is 9.47 Å². The lowest BCUT2D eigenvalue weighted by Crippen LogP contribution is -2.31. The van der Waals surface area contributed by atoms with E-state index in [0.717, 1.165) is 31.5 Å². The Balaban J connectivity index is 1.62. The first-order valence-electron chi connectivity index (χ1n) is 8.22. The van der Waals surface area contributed by atoms with E-state index in [-0.39, 0.29) is 12.2 Å². The van der Waals surface area contributed by atoms with Gasteiger partial charge in [-0.1, -0.05) is 0 Å². The van der Waals surface area contributed by atoms with Crippen LogP contribution in [-0.2, 0) is 9.47 Å². The molecule has 4 atom stereocenters. The van der Waals surface area contributed by atoms with Crippen molar-refractivity contribution in [1.29, 1.82) is 0 Å². The molecule has 122 valence electrons. The van der Waals surface area contributed by atoms with Gasteiger partial charge in [-0.05, 0) is 44.6 Å². The van der Waals surface area contributed by atoms with Gasteiger partial charge in [0, 0.05) is 20.4 Å². The lowest BCUT2D eigenvalue weighted by Gasteiger charge is -2.22. The minimum absolute atomic E-state index is 0.257. The van der Waals surface area contributed by atoms with Gasteiger partial charge < -0.3 is 20.1 Å². The van der Waals surface area contributed by atoms with E-state index in [0.29, 0.717) is 18.0 Å². The second-order valence-corrected chi connectivity index (χ2v) is 6.18. The Labute approximate surface area is 132 Å². The molecule has 1 aromatic rings. The van der Waals surface area contributed by atoms with E-state index in [1.807, 2.05) is 6.07 Å². The van der Waals surface area contributed by atoms with E-state index < -0.39 is 0 Å². The van der Waals surface area contributed by atoms with Crippen LogP contribution in [0.25, 0.3) is 0 Å². The fourth-order valence-electron chi connectivity index (χ4n) is 3.61. The largest absolute Gasteiger partial charge is 0.379 e. The van der Waals surface area contributed by atoms with E-state index in [9.17, 15) is 0 Å². The average Bonchev–Trinajstić information content (AvgIpc) is 3.16. The van der Waals surface area contributed by atoms with E-state index in [1.165, 1.54) is 12.8 Å². The van der Waals surface area contributed by atoms with Gasteiger partial charge in [0.2, 0.25) is 5.95 Å². The fourth-order valence-corrected chi connectivity index (χ4v) is 3.61. The molecule has 2 aliphatic carbocycles. The topological polar surface area (TPSA) is 68.3 Å². The first-order valence-corrected chi connectivity index (χ1v) is 8.22. The number of hydrogen-bond donors (Lipinski definition) is 2. The SMILES string of the molecule is CO[C@@H]1CCC[C@H]1Nc1ccnc(N[C@@H]2CCC[C@H]2OC)n1. The molecule has 0 aromatic carbocycles. The number of aromatic nitrogens is 2. The Kier molecular flexibility index (Phi) is 5.10. The van der Waals surface area contributed by atoms with Crippen LogP contribution in [0.5, 0.6) is 0 Å². The summed E-state index contributed by atoms with van der Waals surface area (Å²) in [4.78, 5) is 8.93. The third kappa shape index (κ3) is 3.50. The van der Waals surface area contributed by atoms with Crippen molar-refractivity contribution in [3.05, 3.63) is 12.3 Å². The van der Waals surface area contributed by atoms with Crippen LogP contribution in [0.3, 0.4) is 0 Å². The molecule has 0 saturated heterocycles. The van der Waals surface area contributed by atoms with Gasteiger partial charge in [0.25, 0.3) is 0 Å². The summed E-state index contributed by atoms with van der Waals surface area (Å²) in [5.74, 6) is 1.53. The molecule has 0 amide bonds. The van der Waals surface area contributed by atoms with Crippen LogP contribution in [0.1, 0.15) is 38.5 Å². The molecule has 2 saturated carbocycles. The van der Waals surface area contributed by atoms with Gasteiger partial charge in [-0.3, -0.25) is 0 Å². The highest BCUT2D eigenvalue weighted by Gasteiger charge is 2.29. The summed E-state index contributed by atoms with van der Waals surface area (Å²) in [6, 6.07) is 2.56. The summed E-state index contributed by atoms with van der Waals surface area (Å²) in [6.07, 6.45) is 9.16. The van der Waals surface area contributed by atoms with Crippen molar-refractivity contribution in [2.45, 2.75) is 62.8 Å².